The van der Waals surface area contributed by atoms with Crippen LogP contribution in [-0.2, 0) is 11.3 Å². The highest BCUT2D eigenvalue weighted by molar-refractivity contribution is 5.96. The average molecular weight is 472 g/mol. The number of carbonyl (C=O) groups excluding carboxylic acids is 1. The molecule has 3 heterocycles. The zero-order valence-electron chi connectivity index (χ0n) is 17.5. The van der Waals surface area contributed by atoms with Crippen molar-refractivity contribution in [2.75, 3.05) is 20.6 Å². The molecule has 178 valence electrons. The van der Waals surface area contributed by atoms with Crippen molar-refractivity contribution in [2.45, 2.75) is 31.2 Å². The zero-order chi connectivity index (χ0) is 24.7. The van der Waals surface area contributed by atoms with E-state index >= 15 is 0 Å². The maximum Gasteiger partial charge on any atom is 0.490 e. The summed E-state index contributed by atoms with van der Waals surface area (Å²) in [7, 11) is 3.79. The molecule has 1 aromatic heterocycles. The van der Waals surface area contributed by atoms with Gasteiger partial charge in [-0.25, -0.2) is 9.18 Å². The molecule has 0 spiro atoms. The Labute approximate surface area is 184 Å². The number of hydrogen-bond acceptors (Lipinski definition) is 6. The van der Waals surface area contributed by atoms with Crippen molar-refractivity contribution in [1.82, 2.24) is 19.4 Å². The molecule has 0 saturated heterocycles. The molecule has 2 atom stereocenters. The van der Waals surface area contributed by atoms with Crippen molar-refractivity contribution in [3.8, 4) is 5.75 Å². The Morgan fingerprint density at radius 3 is 2.30 bits per heavy atom. The number of hydrogen-bond donors (Lipinski definition) is 2. The molecule has 4 rings (SSSR count). The normalized spacial score (nSPS) is 19.2. The van der Waals surface area contributed by atoms with E-state index in [-0.39, 0.29) is 30.1 Å². The number of amides is 1. The van der Waals surface area contributed by atoms with E-state index in [1.807, 2.05) is 19.0 Å². The second kappa shape index (κ2) is 8.81. The van der Waals surface area contributed by atoms with Crippen molar-refractivity contribution in [3.63, 3.8) is 0 Å². The smallest absolute Gasteiger partial charge is 0.490 e. The van der Waals surface area contributed by atoms with Gasteiger partial charge in [-0.3, -0.25) is 14.5 Å². The first-order valence-corrected chi connectivity index (χ1v) is 9.67. The monoisotopic (exact) mass is 472 g/mol. The minimum Gasteiger partial charge on any atom is -0.501 e. The van der Waals surface area contributed by atoms with Gasteiger partial charge < -0.3 is 19.7 Å². The van der Waals surface area contributed by atoms with Crippen LogP contribution >= 0.6 is 0 Å². The molecule has 13 heteroatoms. The van der Waals surface area contributed by atoms with E-state index in [9.17, 15) is 32.3 Å². The van der Waals surface area contributed by atoms with Crippen molar-refractivity contribution in [2.24, 2.45) is 0 Å². The first-order valence-electron chi connectivity index (χ1n) is 9.67. The standard InChI is InChI=1S/C18H19FN4O3.C2HF3O2/c1-21(2)13-7-12-9-22(8-10-3-5-11(19)6-4-10)18(26)14-15(24)17(25)20-16(13)23(12)14;3-2(4,5)1(6)7/h3-6,12-13,24H,7-9H2,1-2H3;(H,6,7)/t12-,13+;/m0./s1. The van der Waals surface area contributed by atoms with E-state index in [4.69, 9.17) is 9.90 Å². The molecule has 2 aliphatic heterocycles. The number of aliphatic carboxylic acids is 1. The van der Waals surface area contributed by atoms with Gasteiger partial charge in [-0.2, -0.15) is 18.2 Å². The van der Waals surface area contributed by atoms with E-state index < -0.39 is 29.4 Å². The summed E-state index contributed by atoms with van der Waals surface area (Å²) in [6, 6.07) is 5.78. The zero-order valence-corrected chi connectivity index (χ0v) is 17.5. The molecule has 0 radical (unpaired) electrons. The maximum atomic E-state index is 13.1. The minimum atomic E-state index is -5.08. The quantitative estimate of drug-likeness (QED) is 0.656. The summed E-state index contributed by atoms with van der Waals surface area (Å²) in [6.45, 7) is 0.734. The van der Waals surface area contributed by atoms with Gasteiger partial charge in [0.15, 0.2) is 5.69 Å². The molecule has 1 aromatic carbocycles. The molecule has 2 aromatic rings. The molecular formula is C20H20F4N4O5. The summed E-state index contributed by atoms with van der Waals surface area (Å²) in [5, 5.41) is 17.3. The van der Waals surface area contributed by atoms with Gasteiger partial charge >= 0.3 is 17.7 Å². The van der Waals surface area contributed by atoms with Crippen molar-refractivity contribution >= 4 is 11.9 Å². The highest BCUT2D eigenvalue weighted by atomic mass is 19.4. The molecule has 0 aliphatic carbocycles. The summed E-state index contributed by atoms with van der Waals surface area (Å²) in [6.07, 6.45) is -4.39. The second-order valence-corrected chi connectivity index (χ2v) is 7.83. The Hall–Kier alpha value is -3.48. The average Bonchev–Trinajstić information content (AvgIpc) is 3.07. The summed E-state index contributed by atoms with van der Waals surface area (Å²) in [5.41, 5.74) is 0.00455. The van der Waals surface area contributed by atoms with Gasteiger partial charge in [-0.15, -0.1) is 0 Å². The Morgan fingerprint density at radius 1 is 1.21 bits per heavy atom. The highest BCUT2D eigenvalue weighted by Crippen LogP contribution is 2.41. The van der Waals surface area contributed by atoms with Crippen LogP contribution in [0.5, 0.6) is 5.75 Å². The molecule has 0 unspecified atom stereocenters. The van der Waals surface area contributed by atoms with Crippen molar-refractivity contribution in [1.29, 1.82) is 0 Å². The van der Waals surface area contributed by atoms with Gasteiger partial charge in [0.1, 0.15) is 11.6 Å². The van der Waals surface area contributed by atoms with Gasteiger partial charge in [-0.05, 0) is 38.2 Å². The Balaban J connectivity index is 0.000000383. The molecule has 1 amide bonds. The van der Waals surface area contributed by atoms with E-state index in [2.05, 4.69) is 4.98 Å². The maximum absolute atomic E-state index is 13.1. The fraction of sp³-hybridized carbons (Fsp3) is 0.400. The van der Waals surface area contributed by atoms with E-state index in [0.29, 0.717) is 18.8 Å². The third-order valence-electron chi connectivity index (χ3n) is 5.36. The van der Waals surface area contributed by atoms with Gasteiger partial charge in [0.25, 0.3) is 5.91 Å². The number of benzene rings is 1. The number of carboxylic acids is 1. The predicted molar refractivity (Wildman–Crippen MR) is 105 cm³/mol. The van der Waals surface area contributed by atoms with Gasteiger partial charge in [0.2, 0.25) is 5.75 Å². The molecule has 2 N–H and O–H groups in total. The number of carboxylic acid groups (broad SMARTS) is 1. The number of nitrogens with zero attached hydrogens (tertiary/aromatic N) is 4. The second-order valence-electron chi connectivity index (χ2n) is 7.83. The molecular weight excluding hydrogens is 452 g/mol. The topological polar surface area (TPSA) is 116 Å². The molecule has 2 aliphatic rings. The molecule has 9 nitrogen and oxygen atoms in total. The lowest BCUT2D eigenvalue weighted by molar-refractivity contribution is -0.192. The summed E-state index contributed by atoms with van der Waals surface area (Å²) in [4.78, 5) is 41.5. The first-order chi connectivity index (χ1) is 15.3. The summed E-state index contributed by atoms with van der Waals surface area (Å²) in [5.74, 6) is -3.59. The first kappa shape index (κ1) is 24.2. The van der Waals surface area contributed by atoms with Gasteiger partial charge in [0.05, 0.1) is 12.1 Å². The van der Waals surface area contributed by atoms with E-state index in [0.717, 1.165) is 5.56 Å². The predicted octanol–water partition coefficient (Wildman–Crippen LogP) is 1.92. The van der Waals surface area contributed by atoms with E-state index in [1.54, 1.807) is 21.6 Å². The van der Waals surface area contributed by atoms with Gasteiger partial charge in [-0.1, -0.05) is 12.1 Å². The molecule has 33 heavy (non-hydrogen) atoms. The van der Waals surface area contributed by atoms with Gasteiger partial charge in [0, 0.05) is 13.1 Å². The molecule has 0 bridgehead atoms. The SMILES string of the molecule is CN(C)[C@@H]1C[C@H]2CN(Cc3ccc(F)cc3)C(=O)c3c(O)c(=O)nc1n32.O=C(O)C(F)(F)F. The number of alkyl halides is 3. The lowest BCUT2D eigenvalue weighted by Crippen LogP contribution is -2.43. The Morgan fingerprint density at radius 2 is 1.79 bits per heavy atom. The van der Waals surface area contributed by atoms with E-state index in [1.165, 1.54) is 12.1 Å². The van der Waals surface area contributed by atoms with Crippen LogP contribution in [-0.4, -0.2) is 68.3 Å². The van der Waals surface area contributed by atoms with Crippen LogP contribution in [0, 0.1) is 5.82 Å². The number of aromatic hydroxyl groups is 1. The van der Waals surface area contributed by atoms with Crippen molar-refractivity contribution < 1.29 is 37.4 Å². The third kappa shape index (κ3) is 4.82. The number of rotatable bonds is 3. The molecule has 0 fully saturated rings. The number of carbonyl (C=O) groups is 2. The van der Waals surface area contributed by atoms with Crippen molar-refractivity contribution in [3.05, 3.63) is 57.5 Å². The van der Waals surface area contributed by atoms with Crippen LogP contribution in [0.25, 0.3) is 0 Å². The molecule has 0 saturated carbocycles. The van der Waals surface area contributed by atoms with Crippen LogP contribution in [0.2, 0.25) is 0 Å². The lowest BCUT2D eigenvalue weighted by atomic mass is 10.1. The van der Waals surface area contributed by atoms with Crippen LogP contribution in [0.15, 0.2) is 29.1 Å². The fourth-order valence-corrected chi connectivity index (χ4v) is 3.85. The lowest BCUT2D eigenvalue weighted by Gasteiger charge is -2.33. The largest absolute Gasteiger partial charge is 0.501 e. The number of aromatic nitrogens is 2. The Kier molecular flexibility index (Phi) is 6.45. The third-order valence-corrected chi connectivity index (χ3v) is 5.36. The highest BCUT2D eigenvalue weighted by Gasteiger charge is 2.43. The Bertz CT molecular complexity index is 1130. The summed E-state index contributed by atoms with van der Waals surface area (Å²) < 4.78 is 46.6. The van der Waals surface area contributed by atoms with Crippen LogP contribution in [0.1, 0.15) is 40.4 Å². The number of halogens is 4. The summed E-state index contributed by atoms with van der Waals surface area (Å²) >= 11 is 0. The van der Waals surface area contributed by atoms with Crippen LogP contribution in [0.3, 0.4) is 0 Å². The minimum absolute atomic E-state index is 0.00251. The van der Waals surface area contributed by atoms with Crippen LogP contribution in [0.4, 0.5) is 17.6 Å². The van der Waals surface area contributed by atoms with Crippen LogP contribution < -0.4 is 5.56 Å². The fourth-order valence-electron chi connectivity index (χ4n) is 3.85.